The molecule has 0 radical (unpaired) electrons. The highest BCUT2D eigenvalue weighted by molar-refractivity contribution is 5.79. The van der Waals surface area contributed by atoms with Crippen molar-refractivity contribution in [3.8, 4) is 0 Å². The van der Waals surface area contributed by atoms with Crippen LogP contribution in [0.1, 0.15) is 52.5 Å². The molecule has 2 aliphatic rings. The topological polar surface area (TPSA) is 59.4 Å². The minimum absolute atomic E-state index is 0.159. The molecular weight excluding hydrogens is 328 g/mol. The maximum atomic E-state index is 12.7. The predicted octanol–water partition coefficient (Wildman–Crippen LogP) is 4.18. The molecule has 26 heavy (non-hydrogen) atoms. The quantitative estimate of drug-likeness (QED) is 0.877. The van der Waals surface area contributed by atoms with Crippen molar-refractivity contribution in [2.75, 3.05) is 12.4 Å². The van der Waals surface area contributed by atoms with E-state index < -0.39 is 5.60 Å². The molecule has 2 fully saturated rings. The van der Waals surface area contributed by atoms with Gasteiger partial charge in [0.2, 0.25) is 5.95 Å². The first kappa shape index (κ1) is 17.2. The second-order valence-electron chi connectivity index (χ2n) is 8.44. The van der Waals surface area contributed by atoms with Gasteiger partial charge in [0.1, 0.15) is 5.60 Å². The molecule has 2 bridgehead atoms. The summed E-state index contributed by atoms with van der Waals surface area (Å²) in [6.07, 6.45) is 3.85. The lowest BCUT2D eigenvalue weighted by Gasteiger charge is -2.40. The summed E-state index contributed by atoms with van der Waals surface area (Å²) in [4.78, 5) is 19.4. The van der Waals surface area contributed by atoms with Crippen LogP contribution < -0.4 is 5.32 Å². The average molecular weight is 356 g/mol. The Morgan fingerprint density at radius 2 is 1.81 bits per heavy atom. The molecule has 2 saturated heterocycles. The number of carbonyl (C=O) groups excluding carboxylic acids is 1. The summed E-state index contributed by atoms with van der Waals surface area (Å²) < 4.78 is 7.98. The van der Waals surface area contributed by atoms with Gasteiger partial charge in [-0.05, 0) is 58.6 Å². The fourth-order valence-electron chi connectivity index (χ4n) is 4.56. The summed E-state index contributed by atoms with van der Waals surface area (Å²) in [7, 11) is 1.92. The summed E-state index contributed by atoms with van der Waals surface area (Å²) in [6.45, 7) is 5.78. The number of para-hydroxylation sites is 2. The van der Waals surface area contributed by atoms with Crippen LogP contribution in [0.25, 0.3) is 11.0 Å². The van der Waals surface area contributed by atoms with Crippen molar-refractivity contribution in [3.63, 3.8) is 0 Å². The molecule has 0 saturated carbocycles. The van der Waals surface area contributed by atoms with Gasteiger partial charge in [0.25, 0.3) is 0 Å². The highest BCUT2D eigenvalue weighted by Crippen LogP contribution is 2.43. The fraction of sp³-hybridized carbons (Fsp3) is 0.600. The van der Waals surface area contributed by atoms with Crippen LogP contribution in [-0.2, 0) is 4.74 Å². The van der Waals surface area contributed by atoms with Gasteiger partial charge in [-0.2, -0.15) is 0 Å². The third kappa shape index (κ3) is 2.91. The molecule has 6 heteroatoms. The summed E-state index contributed by atoms with van der Waals surface area (Å²) in [5.74, 6) is 0.904. The highest BCUT2D eigenvalue weighted by atomic mass is 16.6. The van der Waals surface area contributed by atoms with Gasteiger partial charge in [-0.15, -0.1) is 0 Å². The molecule has 2 aliphatic heterocycles. The largest absolute Gasteiger partial charge is 0.444 e. The van der Waals surface area contributed by atoms with Crippen LogP contribution in [-0.4, -0.2) is 45.3 Å². The molecule has 0 unspecified atom stereocenters. The number of nitrogens with one attached hydrogen (secondary N) is 1. The van der Waals surface area contributed by atoms with Crippen molar-refractivity contribution in [2.45, 2.75) is 70.2 Å². The summed E-state index contributed by atoms with van der Waals surface area (Å²) in [6, 6.07) is 9.11. The van der Waals surface area contributed by atoms with E-state index in [0.717, 1.165) is 42.7 Å². The van der Waals surface area contributed by atoms with Crippen molar-refractivity contribution in [1.29, 1.82) is 0 Å². The Balaban J connectivity index is 1.61. The predicted molar refractivity (Wildman–Crippen MR) is 102 cm³/mol. The Morgan fingerprint density at radius 1 is 1.15 bits per heavy atom. The molecule has 2 aromatic rings. The Labute approximate surface area is 154 Å². The zero-order valence-corrected chi connectivity index (χ0v) is 16.0. The molecule has 140 valence electrons. The molecule has 1 amide bonds. The van der Waals surface area contributed by atoms with Crippen molar-refractivity contribution in [2.24, 2.45) is 0 Å². The molecular formula is C20H28N4O2. The lowest BCUT2D eigenvalue weighted by atomic mass is 9.97. The number of ether oxygens (including phenoxy) is 1. The van der Waals surface area contributed by atoms with Crippen LogP contribution >= 0.6 is 0 Å². The normalized spacial score (nSPS) is 25.5. The zero-order valence-electron chi connectivity index (χ0n) is 16.0. The van der Waals surface area contributed by atoms with E-state index in [4.69, 9.17) is 9.72 Å². The Bertz CT molecular complexity index is 809. The van der Waals surface area contributed by atoms with E-state index in [1.54, 1.807) is 0 Å². The van der Waals surface area contributed by atoms with Crippen LogP contribution in [0.2, 0.25) is 0 Å². The van der Waals surface area contributed by atoms with Gasteiger partial charge >= 0.3 is 6.09 Å². The van der Waals surface area contributed by atoms with Crippen molar-refractivity contribution in [1.82, 2.24) is 14.5 Å². The Hall–Kier alpha value is -2.24. The minimum atomic E-state index is -0.451. The van der Waals surface area contributed by atoms with E-state index in [0.29, 0.717) is 6.04 Å². The van der Waals surface area contributed by atoms with Crippen LogP contribution in [0.4, 0.5) is 10.7 Å². The van der Waals surface area contributed by atoms with Gasteiger partial charge in [0.15, 0.2) is 0 Å². The third-order valence-electron chi connectivity index (χ3n) is 5.50. The first-order chi connectivity index (χ1) is 12.4. The maximum absolute atomic E-state index is 12.7. The first-order valence-corrected chi connectivity index (χ1v) is 9.53. The second kappa shape index (κ2) is 6.18. The van der Waals surface area contributed by atoms with Crippen LogP contribution in [0.5, 0.6) is 0 Å². The number of hydrogen-bond donors (Lipinski definition) is 1. The molecule has 0 spiro atoms. The molecule has 3 heterocycles. The number of hydrogen-bond acceptors (Lipinski definition) is 4. The number of amides is 1. The lowest BCUT2D eigenvalue weighted by molar-refractivity contribution is 0.00325. The molecule has 1 aromatic carbocycles. The molecule has 6 nitrogen and oxygen atoms in total. The standard InChI is InChI=1S/C20H28N4O2/c1-20(2,3)26-19(25)23-13-9-10-14(23)12-15(11-13)24-17-8-6-5-7-16(17)22-18(24)21-4/h5-8,13-15H,9-12H2,1-4H3,(H,21,22)/t13-,14+,15+. The number of imidazole rings is 1. The van der Waals surface area contributed by atoms with E-state index in [-0.39, 0.29) is 18.2 Å². The van der Waals surface area contributed by atoms with Gasteiger partial charge in [-0.25, -0.2) is 9.78 Å². The summed E-state index contributed by atoms with van der Waals surface area (Å²) in [5.41, 5.74) is 1.72. The minimum Gasteiger partial charge on any atom is -0.444 e. The second-order valence-corrected chi connectivity index (χ2v) is 8.44. The number of nitrogens with zero attached hydrogens (tertiary/aromatic N) is 3. The SMILES string of the molecule is CNc1nc2ccccc2n1[C@H]1C[C@H]2CC[C@@H](C1)N2C(=O)OC(C)(C)C. The summed E-state index contributed by atoms with van der Waals surface area (Å²) in [5, 5.41) is 3.24. The molecule has 3 atom stereocenters. The monoisotopic (exact) mass is 356 g/mol. The number of carbonyl (C=O) groups is 1. The number of fused-ring (bicyclic) bond motifs is 3. The molecule has 1 N–H and O–H groups in total. The van der Waals surface area contributed by atoms with Crippen LogP contribution in [0.15, 0.2) is 24.3 Å². The van der Waals surface area contributed by atoms with Crippen molar-refractivity contribution >= 4 is 23.1 Å². The van der Waals surface area contributed by atoms with Gasteiger partial charge in [-0.3, -0.25) is 0 Å². The van der Waals surface area contributed by atoms with Crippen LogP contribution in [0.3, 0.4) is 0 Å². The summed E-state index contributed by atoms with van der Waals surface area (Å²) >= 11 is 0. The Morgan fingerprint density at radius 3 is 2.42 bits per heavy atom. The molecule has 1 aromatic heterocycles. The number of piperidine rings is 1. The van der Waals surface area contributed by atoms with Crippen molar-refractivity contribution < 1.29 is 9.53 Å². The van der Waals surface area contributed by atoms with Crippen LogP contribution in [0, 0.1) is 0 Å². The first-order valence-electron chi connectivity index (χ1n) is 9.53. The third-order valence-corrected chi connectivity index (χ3v) is 5.50. The molecule has 0 aliphatic carbocycles. The maximum Gasteiger partial charge on any atom is 0.410 e. The van der Waals surface area contributed by atoms with Gasteiger partial charge < -0.3 is 19.5 Å². The smallest absolute Gasteiger partial charge is 0.410 e. The van der Waals surface area contributed by atoms with E-state index >= 15 is 0 Å². The number of anilines is 1. The zero-order chi connectivity index (χ0) is 18.5. The number of rotatable bonds is 2. The van der Waals surface area contributed by atoms with Gasteiger partial charge in [0.05, 0.1) is 11.0 Å². The van der Waals surface area contributed by atoms with E-state index in [1.807, 2.05) is 38.8 Å². The number of aromatic nitrogens is 2. The highest BCUT2D eigenvalue weighted by Gasteiger charge is 2.45. The lowest BCUT2D eigenvalue weighted by Crippen LogP contribution is -2.48. The van der Waals surface area contributed by atoms with Gasteiger partial charge in [0, 0.05) is 25.2 Å². The molecule has 4 rings (SSSR count). The van der Waals surface area contributed by atoms with Gasteiger partial charge in [-0.1, -0.05) is 12.1 Å². The van der Waals surface area contributed by atoms with E-state index in [2.05, 4.69) is 28.1 Å². The van der Waals surface area contributed by atoms with E-state index in [1.165, 1.54) is 0 Å². The average Bonchev–Trinajstić information content (AvgIpc) is 3.08. The van der Waals surface area contributed by atoms with Crippen molar-refractivity contribution in [3.05, 3.63) is 24.3 Å². The number of benzene rings is 1. The fourth-order valence-corrected chi connectivity index (χ4v) is 4.56. The van der Waals surface area contributed by atoms with E-state index in [9.17, 15) is 4.79 Å². The Kier molecular flexibility index (Phi) is 4.09.